The molecule has 38 heavy (non-hydrogen) atoms. The molecule has 9 heteroatoms. The maximum absolute atomic E-state index is 13.7. The first kappa shape index (κ1) is 29.3. The van der Waals surface area contributed by atoms with E-state index in [1.54, 1.807) is 6.92 Å². The number of carboxylic acids is 1. The highest BCUT2D eigenvalue weighted by Crippen LogP contribution is 2.45. The number of rotatable bonds is 14. The van der Waals surface area contributed by atoms with Crippen molar-refractivity contribution in [2.24, 2.45) is 11.8 Å². The van der Waals surface area contributed by atoms with E-state index in [-0.39, 0.29) is 36.3 Å². The summed E-state index contributed by atoms with van der Waals surface area (Å²) in [5.41, 5.74) is 0.396. The Balaban J connectivity index is 1.96. The molecule has 0 aliphatic carbocycles. The van der Waals surface area contributed by atoms with Crippen molar-refractivity contribution >= 4 is 11.9 Å². The Kier molecular flexibility index (Phi) is 10.4. The minimum atomic E-state index is -1.30. The van der Waals surface area contributed by atoms with Crippen LogP contribution in [0.3, 0.4) is 0 Å². The number of nitro groups is 1. The first-order chi connectivity index (χ1) is 18.2. The van der Waals surface area contributed by atoms with E-state index in [1.807, 2.05) is 74.5 Å². The fraction of sp³-hybridized carbons (Fsp3) is 0.517. The highest BCUT2D eigenvalue weighted by atomic mass is 16.6. The third-order valence-corrected chi connectivity index (χ3v) is 7.65. The van der Waals surface area contributed by atoms with Crippen LogP contribution in [0.5, 0.6) is 0 Å². The molecule has 1 fully saturated rings. The molecule has 0 aromatic heterocycles. The van der Waals surface area contributed by atoms with Crippen molar-refractivity contribution in [3.63, 3.8) is 0 Å². The van der Waals surface area contributed by atoms with Crippen molar-refractivity contribution in [3.05, 3.63) is 81.9 Å². The number of carbonyl (C=O) groups excluding carboxylic acids is 1. The molecule has 1 aliphatic heterocycles. The van der Waals surface area contributed by atoms with Crippen LogP contribution in [0.1, 0.15) is 63.6 Å². The average molecular weight is 526 g/mol. The summed E-state index contributed by atoms with van der Waals surface area (Å²) in [6, 6.07) is 17.0. The van der Waals surface area contributed by atoms with Crippen LogP contribution in [-0.4, -0.2) is 46.1 Å². The maximum atomic E-state index is 13.7. The molecule has 0 unspecified atom stereocenters. The number of amides is 1. The zero-order valence-corrected chi connectivity index (χ0v) is 22.3. The predicted octanol–water partition coefficient (Wildman–Crippen LogP) is 4.35. The van der Waals surface area contributed by atoms with E-state index in [0.29, 0.717) is 12.8 Å². The molecule has 2 aromatic carbocycles. The summed E-state index contributed by atoms with van der Waals surface area (Å²) in [4.78, 5) is 37.0. The van der Waals surface area contributed by atoms with Gasteiger partial charge in [-0.05, 0) is 36.8 Å². The van der Waals surface area contributed by atoms with Gasteiger partial charge in [0, 0.05) is 17.9 Å². The molecule has 1 saturated heterocycles. The van der Waals surface area contributed by atoms with Crippen molar-refractivity contribution in [3.8, 4) is 0 Å². The van der Waals surface area contributed by atoms with Gasteiger partial charge in [0.15, 0.2) is 0 Å². The van der Waals surface area contributed by atoms with E-state index in [1.165, 1.54) is 0 Å². The fourth-order valence-electron chi connectivity index (χ4n) is 5.39. The number of nitrogens with one attached hydrogen (secondary N) is 2. The largest absolute Gasteiger partial charge is 0.481 e. The number of aliphatic carboxylic acids is 1. The topological polar surface area (TPSA) is 131 Å². The number of unbranched alkanes of at least 4 members (excludes halogenated alkanes) is 1. The molecule has 3 N–H and O–H groups in total. The van der Waals surface area contributed by atoms with Crippen LogP contribution in [0.2, 0.25) is 0 Å². The molecule has 1 heterocycles. The summed E-state index contributed by atoms with van der Waals surface area (Å²) in [7, 11) is 0. The van der Waals surface area contributed by atoms with Gasteiger partial charge in [-0.2, -0.15) is 0 Å². The lowest BCUT2D eigenvalue weighted by molar-refractivity contribution is -0.536. The van der Waals surface area contributed by atoms with Gasteiger partial charge in [-0.1, -0.05) is 80.9 Å². The van der Waals surface area contributed by atoms with Gasteiger partial charge in [0.25, 0.3) is 0 Å². The molecule has 1 amide bonds. The van der Waals surface area contributed by atoms with Crippen molar-refractivity contribution in [1.29, 1.82) is 0 Å². The summed E-state index contributed by atoms with van der Waals surface area (Å²) in [5.74, 6) is -2.04. The third kappa shape index (κ3) is 6.96. The molecule has 6 atom stereocenters. The summed E-state index contributed by atoms with van der Waals surface area (Å²) in [5, 5.41) is 27.8. The van der Waals surface area contributed by atoms with E-state index < -0.39 is 35.6 Å². The molecule has 0 spiro atoms. The second kappa shape index (κ2) is 13.5. The highest BCUT2D eigenvalue weighted by molar-refractivity contribution is 5.87. The molecule has 0 saturated carbocycles. The van der Waals surface area contributed by atoms with Crippen LogP contribution >= 0.6 is 0 Å². The zero-order valence-electron chi connectivity index (χ0n) is 22.3. The Morgan fingerprint density at radius 3 is 2.34 bits per heavy atom. The Hall–Kier alpha value is -3.30. The van der Waals surface area contributed by atoms with Gasteiger partial charge in [-0.25, -0.2) is 0 Å². The second-order valence-electron chi connectivity index (χ2n) is 10.3. The molecule has 206 valence electrons. The summed E-state index contributed by atoms with van der Waals surface area (Å²) < 4.78 is 6.45. The van der Waals surface area contributed by atoms with E-state index in [2.05, 4.69) is 10.6 Å². The van der Waals surface area contributed by atoms with Crippen molar-refractivity contribution < 1.29 is 24.4 Å². The van der Waals surface area contributed by atoms with Crippen molar-refractivity contribution in [2.45, 2.75) is 76.8 Å². The molecular formula is C29H39N3O6. The predicted molar refractivity (Wildman–Crippen MR) is 144 cm³/mol. The molecule has 1 aliphatic rings. The lowest BCUT2D eigenvalue weighted by Gasteiger charge is -2.37. The van der Waals surface area contributed by atoms with E-state index in [9.17, 15) is 19.7 Å². The molecule has 2 aromatic rings. The van der Waals surface area contributed by atoms with Crippen LogP contribution in [0, 0.1) is 22.0 Å². The fourth-order valence-corrected chi connectivity index (χ4v) is 5.39. The van der Waals surface area contributed by atoms with Gasteiger partial charge in [0.2, 0.25) is 11.9 Å². The lowest BCUT2D eigenvalue weighted by atomic mass is 9.74. The minimum absolute atomic E-state index is 0.0247. The standard InChI is InChI=1S/C29H39N3O6/c1-4-20(2)27(38-19-21-13-7-5-8-14-21)24-26(32(36)37)25(22-15-9-6-10-16-22)31-29(24,3)28(35)30-18-12-11-17-23(33)34/h5-10,13-16,20,24-27,31H,4,11-12,17-19H2,1-3H3,(H,30,35)(H,33,34)/t20-,24+,25-,26-,27+,29-/m0/s1. The van der Waals surface area contributed by atoms with E-state index in [0.717, 1.165) is 17.5 Å². The highest BCUT2D eigenvalue weighted by Gasteiger charge is 2.64. The Labute approximate surface area is 224 Å². The van der Waals surface area contributed by atoms with Gasteiger partial charge in [0.05, 0.1) is 18.6 Å². The molecule has 0 radical (unpaired) electrons. The average Bonchev–Trinajstić information content (AvgIpc) is 3.23. The lowest BCUT2D eigenvalue weighted by Crippen LogP contribution is -2.60. The summed E-state index contributed by atoms with van der Waals surface area (Å²) >= 11 is 0. The first-order valence-corrected chi connectivity index (χ1v) is 13.3. The van der Waals surface area contributed by atoms with Crippen LogP contribution in [0.25, 0.3) is 0 Å². The van der Waals surface area contributed by atoms with E-state index in [4.69, 9.17) is 9.84 Å². The van der Waals surface area contributed by atoms with Crippen LogP contribution in [-0.2, 0) is 20.9 Å². The van der Waals surface area contributed by atoms with Crippen LogP contribution < -0.4 is 10.6 Å². The number of benzene rings is 2. The van der Waals surface area contributed by atoms with Crippen molar-refractivity contribution in [2.75, 3.05) is 6.54 Å². The van der Waals surface area contributed by atoms with E-state index >= 15 is 0 Å². The van der Waals surface area contributed by atoms with Crippen LogP contribution in [0.15, 0.2) is 60.7 Å². The molecule has 3 rings (SSSR count). The minimum Gasteiger partial charge on any atom is -0.481 e. The Morgan fingerprint density at radius 2 is 1.76 bits per heavy atom. The Morgan fingerprint density at radius 1 is 1.13 bits per heavy atom. The number of hydrogen-bond donors (Lipinski definition) is 3. The quantitative estimate of drug-likeness (QED) is 0.190. The number of hydrogen-bond acceptors (Lipinski definition) is 6. The van der Waals surface area contributed by atoms with Gasteiger partial charge in [-0.15, -0.1) is 0 Å². The molecule has 0 bridgehead atoms. The monoisotopic (exact) mass is 525 g/mol. The summed E-state index contributed by atoms with van der Waals surface area (Å²) in [6.45, 7) is 6.31. The number of ether oxygens (including phenoxy) is 1. The van der Waals surface area contributed by atoms with Gasteiger partial charge < -0.3 is 15.2 Å². The smallest absolute Gasteiger partial charge is 0.303 e. The molecular weight excluding hydrogens is 486 g/mol. The normalized spacial score (nSPS) is 24.4. The van der Waals surface area contributed by atoms with Gasteiger partial charge >= 0.3 is 5.97 Å². The van der Waals surface area contributed by atoms with Gasteiger partial charge in [0.1, 0.15) is 11.6 Å². The SMILES string of the molecule is CC[C@H](C)[C@@H](OCc1ccccc1)[C@H]1[C@H]([N+](=O)[O-])[C@H](c2ccccc2)N[C@]1(C)C(=O)NCCCCC(=O)O. The van der Waals surface area contributed by atoms with Gasteiger partial charge in [-0.3, -0.25) is 25.0 Å². The number of nitrogens with zero attached hydrogens (tertiary/aromatic N) is 1. The Bertz CT molecular complexity index is 1070. The number of carboxylic acid groups (broad SMARTS) is 1. The van der Waals surface area contributed by atoms with Crippen LogP contribution in [0.4, 0.5) is 0 Å². The first-order valence-electron chi connectivity index (χ1n) is 13.3. The maximum Gasteiger partial charge on any atom is 0.303 e. The second-order valence-corrected chi connectivity index (χ2v) is 10.3. The summed E-state index contributed by atoms with van der Waals surface area (Å²) in [6.07, 6.45) is 1.11. The number of carbonyl (C=O) groups is 2. The third-order valence-electron chi connectivity index (χ3n) is 7.65. The molecule has 9 nitrogen and oxygen atoms in total. The van der Waals surface area contributed by atoms with Crippen molar-refractivity contribution in [1.82, 2.24) is 10.6 Å². The zero-order chi connectivity index (χ0) is 27.7.